The smallest absolute Gasteiger partial charge is 0.195 e. The van der Waals surface area contributed by atoms with Gasteiger partial charge in [0.2, 0.25) is 0 Å². The molecule has 124 valence electrons. The maximum Gasteiger partial charge on any atom is 0.257 e. The van der Waals surface area contributed by atoms with Crippen LogP contribution < -0.4 is 0 Å². The van der Waals surface area contributed by atoms with Crippen LogP contribution in [0.2, 0.25) is 11.6 Å². The topological polar surface area (TPSA) is 0 Å². The summed E-state index contributed by atoms with van der Waals surface area (Å²) in [5, 5.41) is 0. The van der Waals surface area contributed by atoms with Gasteiger partial charge in [-0.05, 0) is 70.8 Å². The predicted molar refractivity (Wildman–Crippen MR) is 97.4 cm³/mol. The zero-order valence-electron chi connectivity index (χ0n) is 15.4. The molecule has 4 bridgehead atoms. The highest BCUT2D eigenvalue weighted by Crippen LogP contribution is 2.69. The van der Waals surface area contributed by atoms with Crippen LogP contribution in [0.15, 0.2) is 0 Å². The lowest BCUT2D eigenvalue weighted by molar-refractivity contribution is -0.106. The first-order valence-corrected chi connectivity index (χ1v) is 10.2. The Labute approximate surface area is 143 Å². The van der Waals surface area contributed by atoms with Gasteiger partial charge in [0.1, 0.15) is 0 Å². The number of hydrogen-bond donors (Lipinski definition) is 0. The lowest BCUT2D eigenvalue weighted by Gasteiger charge is -2.65. The summed E-state index contributed by atoms with van der Waals surface area (Å²) < 4.78 is 0. The molecule has 0 N–H and O–H groups in total. The highest BCUT2D eigenvalue weighted by Gasteiger charge is 2.62. The summed E-state index contributed by atoms with van der Waals surface area (Å²) in [5.74, 6) is 7.00. The Morgan fingerprint density at radius 2 is 1.09 bits per heavy atom. The fourth-order valence-corrected chi connectivity index (χ4v) is 8.20. The van der Waals surface area contributed by atoms with Crippen molar-refractivity contribution in [1.82, 2.24) is 0 Å². The SMILES string of the molecule is C[C@@H]1[C@H](B(Cl)[C@@H]2C[C@@H]3C[C@H]([C@@H]2C)C3(C)C)C[C@H]2C[C@@H]1C2(C)C. The van der Waals surface area contributed by atoms with Crippen molar-refractivity contribution in [3.8, 4) is 0 Å². The molecule has 0 aromatic carbocycles. The molecular formula is C20H34BCl. The van der Waals surface area contributed by atoms with Gasteiger partial charge in [-0.1, -0.05) is 54.4 Å². The van der Waals surface area contributed by atoms with Crippen LogP contribution in [0.1, 0.15) is 67.2 Å². The van der Waals surface area contributed by atoms with Crippen LogP contribution in [-0.4, -0.2) is 6.13 Å². The zero-order chi connectivity index (χ0) is 16.0. The molecule has 8 atom stereocenters. The summed E-state index contributed by atoms with van der Waals surface area (Å²) in [6, 6.07) is 0. The maximum atomic E-state index is 7.19. The first-order valence-electron chi connectivity index (χ1n) is 9.79. The van der Waals surface area contributed by atoms with Crippen molar-refractivity contribution in [3.05, 3.63) is 0 Å². The van der Waals surface area contributed by atoms with Gasteiger partial charge < -0.3 is 0 Å². The van der Waals surface area contributed by atoms with Crippen molar-refractivity contribution < 1.29 is 0 Å². The fraction of sp³-hybridized carbons (Fsp3) is 1.00. The lowest BCUT2D eigenvalue weighted by atomic mass is 9.30. The Morgan fingerprint density at radius 1 is 0.727 bits per heavy atom. The van der Waals surface area contributed by atoms with Gasteiger partial charge in [-0.15, -0.1) is 0 Å². The highest BCUT2D eigenvalue weighted by molar-refractivity contribution is 7.08. The van der Waals surface area contributed by atoms with E-state index in [0.29, 0.717) is 17.0 Å². The minimum Gasteiger partial charge on any atom is -0.195 e. The largest absolute Gasteiger partial charge is 0.257 e. The molecule has 0 aliphatic heterocycles. The van der Waals surface area contributed by atoms with Crippen LogP contribution in [0.4, 0.5) is 0 Å². The van der Waals surface area contributed by atoms with Gasteiger partial charge >= 0.3 is 0 Å². The highest BCUT2D eigenvalue weighted by atomic mass is 35.5. The Hall–Kier alpha value is 0.355. The number of fused-ring (bicyclic) bond motifs is 4. The molecule has 0 aromatic heterocycles. The monoisotopic (exact) mass is 320 g/mol. The molecule has 0 spiro atoms. The molecule has 6 rings (SSSR count). The van der Waals surface area contributed by atoms with Crippen molar-refractivity contribution in [2.75, 3.05) is 0 Å². The summed E-state index contributed by atoms with van der Waals surface area (Å²) >= 11 is 7.19. The van der Waals surface area contributed by atoms with Crippen molar-refractivity contribution >= 4 is 17.6 Å². The second-order valence-corrected chi connectivity index (χ2v) is 11.2. The molecule has 0 saturated heterocycles. The van der Waals surface area contributed by atoms with Gasteiger partial charge in [0.25, 0.3) is 6.13 Å². The normalized spacial score (nSPS) is 54.1. The van der Waals surface area contributed by atoms with Crippen molar-refractivity contribution in [2.24, 2.45) is 46.3 Å². The van der Waals surface area contributed by atoms with E-state index in [-0.39, 0.29) is 0 Å². The third kappa shape index (κ3) is 1.84. The molecule has 0 heterocycles. The Morgan fingerprint density at radius 3 is 1.36 bits per heavy atom. The number of hydrogen-bond acceptors (Lipinski definition) is 0. The molecule has 6 aliphatic rings. The minimum atomic E-state index is 0.438. The second kappa shape index (κ2) is 4.71. The van der Waals surface area contributed by atoms with E-state index >= 15 is 0 Å². The molecular weight excluding hydrogens is 286 g/mol. The molecule has 0 radical (unpaired) electrons. The first kappa shape index (κ1) is 15.9. The molecule has 6 fully saturated rings. The van der Waals surface area contributed by atoms with Crippen LogP contribution in [0, 0.1) is 46.3 Å². The summed E-state index contributed by atoms with van der Waals surface area (Å²) in [7, 11) is 0. The average Bonchev–Trinajstić information content (AvgIpc) is 2.45. The van der Waals surface area contributed by atoms with E-state index in [2.05, 4.69) is 41.5 Å². The van der Waals surface area contributed by atoms with E-state index < -0.39 is 0 Å². The number of halogens is 1. The molecule has 6 saturated carbocycles. The average molecular weight is 321 g/mol. The molecule has 0 aromatic rings. The summed E-state index contributed by atoms with van der Waals surface area (Å²) in [5.41, 5.74) is 1.18. The van der Waals surface area contributed by atoms with Crippen LogP contribution in [0.25, 0.3) is 0 Å². The van der Waals surface area contributed by atoms with Crippen LogP contribution in [0.5, 0.6) is 0 Å². The van der Waals surface area contributed by atoms with Gasteiger partial charge in [-0.25, -0.2) is 0 Å². The van der Waals surface area contributed by atoms with Gasteiger partial charge in [0.15, 0.2) is 0 Å². The zero-order valence-corrected chi connectivity index (χ0v) is 16.2. The molecule has 0 amide bonds. The third-order valence-electron chi connectivity index (χ3n) is 9.64. The standard InChI is InChI=1S/C20H34BCl/c1-11-15-7-13(19(15,3)4)9-17(11)21(22)18-10-14-8-16(12(18)2)20(14,5)6/h11-18H,7-10H2,1-6H3/t11-,12-,13-,14+,15+,16-,17+,18+/m0/s1. The Bertz CT molecular complexity index is 428. The summed E-state index contributed by atoms with van der Waals surface area (Å²) in [4.78, 5) is 0. The molecule has 22 heavy (non-hydrogen) atoms. The Kier molecular flexibility index (Phi) is 3.39. The first-order chi connectivity index (χ1) is 10.2. The fourth-order valence-electron chi connectivity index (χ4n) is 7.54. The molecule has 0 unspecified atom stereocenters. The molecule has 2 heteroatoms. The van der Waals surface area contributed by atoms with E-state index in [4.69, 9.17) is 11.5 Å². The minimum absolute atomic E-state index is 0.438. The third-order valence-corrected chi connectivity index (χ3v) is 10.3. The van der Waals surface area contributed by atoms with Gasteiger partial charge in [0.05, 0.1) is 0 Å². The second-order valence-electron chi connectivity index (χ2n) is 10.7. The Balaban J connectivity index is 1.49. The van der Waals surface area contributed by atoms with Gasteiger partial charge in [0, 0.05) is 0 Å². The van der Waals surface area contributed by atoms with Crippen molar-refractivity contribution in [3.63, 3.8) is 0 Å². The number of rotatable bonds is 2. The van der Waals surface area contributed by atoms with Crippen LogP contribution in [0.3, 0.4) is 0 Å². The van der Waals surface area contributed by atoms with E-state index in [1.807, 2.05) is 0 Å². The molecule has 0 nitrogen and oxygen atoms in total. The quantitative estimate of drug-likeness (QED) is 0.519. The van der Waals surface area contributed by atoms with E-state index in [0.717, 1.165) is 47.1 Å². The summed E-state index contributed by atoms with van der Waals surface area (Å²) in [6.45, 7) is 15.0. The van der Waals surface area contributed by atoms with Crippen molar-refractivity contribution in [2.45, 2.75) is 78.9 Å². The summed E-state index contributed by atoms with van der Waals surface area (Å²) in [6.07, 6.45) is 6.20. The lowest BCUT2D eigenvalue weighted by Crippen LogP contribution is -2.58. The van der Waals surface area contributed by atoms with E-state index in [9.17, 15) is 0 Å². The van der Waals surface area contributed by atoms with Crippen LogP contribution in [-0.2, 0) is 0 Å². The molecule has 6 aliphatic carbocycles. The van der Waals surface area contributed by atoms with E-state index in [1.54, 1.807) is 0 Å². The van der Waals surface area contributed by atoms with Crippen LogP contribution >= 0.6 is 11.5 Å². The van der Waals surface area contributed by atoms with E-state index in [1.165, 1.54) is 25.7 Å². The van der Waals surface area contributed by atoms with Gasteiger partial charge in [-0.2, -0.15) is 11.5 Å². The predicted octanol–water partition coefficient (Wildman–Crippen LogP) is 6.36. The van der Waals surface area contributed by atoms with Gasteiger partial charge in [-0.3, -0.25) is 0 Å². The maximum absolute atomic E-state index is 7.19. The van der Waals surface area contributed by atoms with Crippen molar-refractivity contribution in [1.29, 1.82) is 0 Å².